The van der Waals surface area contributed by atoms with Crippen molar-refractivity contribution < 1.29 is 0 Å². The van der Waals surface area contributed by atoms with Gasteiger partial charge in [-0.15, -0.1) is 0 Å². The zero-order valence-electron chi connectivity index (χ0n) is 6.72. The summed E-state index contributed by atoms with van der Waals surface area (Å²) in [5.41, 5.74) is 5.56. The third-order valence-electron chi connectivity index (χ3n) is 1.61. The molecule has 0 spiro atoms. The van der Waals surface area contributed by atoms with Crippen molar-refractivity contribution in [3.05, 3.63) is 24.8 Å². The standard InChI is InChI=1S/C7H14N4/c1-4-11-5(2)9-7(8)10-6(11)3/h7,9-10H,2-4,8H2,1H3. The number of hydrogen-bond acceptors (Lipinski definition) is 4. The summed E-state index contributed by atoms with van der Waals surface area (Å²) >= 11 is 0. The Kier molecular flexibility index (Phi) is 2.05. The van der Waals surface area contributed by atoms with Gasteiger partial charge in [-0.3, -0.25) is 5.73 Å². The Balaban J connectivity index is 2.67. The van der Waals surface area contributed by atoms with Crippen molar-refractivity contribution in [3.63, 3.8) is 0 Å². The van der Waals surface area contributed by atoms with Crippen LogP contribution < -0.4 is 16.4 Å². The van der Waals surface area contributed by atoms with Crippen LogP contribution in [0.4, 0.5) is 0 Å². The maximum atomic E-state index is 5.56. The molecule has 0 unspecified atom stereocenters. The second kappa shape index (κ2) is 2.84. The summed E-state index contributed by atoms with van der Waals surface area (Å²) in [6.45, 7) is 10.5. The monoisotopic (exact) mass is 154 g/mol. The summed E-state index contributed by atoms with van der Waals surface area (Å²) in [7, 11) is 0. The minimum Gasteiger partial charge on any atom is -0.340 e. The normalized spacial score (nSPS) is 19.6. The number of rotatable bonds is 1. The first kappa shape index (κ1) is 7.94. The van der Waals surface area contributed by atoms with Gasteiger partial charge in [0.25, 0.3) is 0 Å². The van der Waals surface area contributed by atoms with Crippen molar-refractivity contribution in [2.45, 2.75) is 13.2 Å². The number of nitrogens with one attached hydrogen (secondary N) is 2. The molecule has 0 aromatic heterocycles. The fourth-order valence-electron chi connectivity index (χ4n) is 1.10. The van der Waals surface area contributed by atoms with E-state index in [1.807, 2.05) is 11.8 Å². The van der Waals surface area contributed by atoms with E-state index in [9.17, 15) is 0 Å². The van der Waals surface area contributed by atoms with Crippen LogP contribution in [0.15, 0.2) is 24.8 Å². The average Bonchev–Trinajstić information content (AvgIpc) is 1.85. The Morgan fingerprint density at radius 2 is 1.91 bits per heavy atom. The van der Waals surface area contributed by atoms with Gasteiger partial charge < -0.3 is 15.5 Å². The van der Waals surface area contributed by atoms with Gasteiger partial charge in [0.1, 0.15) is 11.6 Å². The molecule has 1 saturated heterocycles. The molecule has 0 atom stereocenters. The van der Waals surface area contributed by atoms with E-state index < -0.39 is 0 Å². The summed E-state index contributed by atoms with van der Waals surface area (Å²) in [5, 5.41) is 5.90. The molecule has 0 aliphatic carbocycles. The van der Waals surface area contributed by atoms with Crippen molar-refractivity contribution in [3.8, 4) is 0 Å². The van der Waals surface area contributed by atoms with Crippen molar-refractivity contribution in [1.29, 1.82) is 0 Å². The first-order chi connectivity index (χ1) is 5.15. The number of nitrogens with zero attached hydrogens (tertiary/aromatic N) is 1. The molecule has 4 N–H and O–H groups in total. The summed E-state index contributed by atoms with van der Waals surface area (Å²) in [5.74, 6) is 1.59. The van der Waals surface area contributed by atoms with E-state index in [0.29, 0.717) is 0 Å². The van der Waals surface area contributed by atoms with Crippen LogP contribution >= 0.6 is 0 Å². The number of nitrogens with two attached hydrogens (primary N) is 1. The van der Waals surface area contributed by atoms with Gasteiger partial charge in [-0.05, 0) is 6.92 Å². The molecule has 0 bridgehead atoms. The van der Waals surface area contributed by atoms with Crippen molar-refractivity contribution in [2.24, 2.45) is 5.73 Å². The molecule has 0 saturated carbocycles. The molecule has 62 valence electrons. The minimum absolute atomic E-state index is 0.266. The molecule has 1 rings (SSSR count). The summed E-state index contributed by atoms with van der Waals surface area (Å²) in [4.78, 5) is 1.92. The van der Waals surface area contributed by atoms with Gasteiger partial charge >= 0.3 is 0 Å². The molecule has 0 aromatic rings. The van der Waals surface area contributed by atoms with Gasteiger partial charge in [-0.25, -0.2) is 0 Å². The quantitative estimate of drug-likeness (QED) is 0.485. The van der Waals surface area contributed by atoms with Crippen LogP contribution in [0.1, 0.15) is 6.92 Å². The van der Waals surface area contributed by atoms with Crippen LogP contribution in [-0.2, 0) is 0 Å². The molecule has 0 amide bonds. The molecule has 11 heavy (non-hydrogen) atoms. The van der Waals surface area contributed by atoms with E-state index in [4.69, 9.17) is 5.73 Å². The smallest absolute Gasteiger partial charge is 0.152 e. The zero-order chi connectivity index (χ0) is 8.43. The summed E-state index contributed by atoms with van der Waals surface area (Å²) < 4.78 is 0. The van der Waals surface area contributed by atoms with E-state index in [1.54, 1.807) is 0 Å². The highest BCUT2D eigenvalue weighted by molar-refractivity contribution is 5.09. The molecule has 4 nitrogen and oxygen atoms in total. The molecule has 4 heteroatoms. The SMILES string of the molecule is C=C1NC(N)NC(=C)N1CC. The van der Waals surface area contributed by atoms with Crippen LogP contribution in [0.5, 0.6) is 0 Å². The van der Waals surface area contributed by atoms with E-state index in [1.165, 1.54) is 0 Å². The highest BCUT2D eigenvalue weighted by atomic mass is 15.4. The predicted molar refractivity (Wildman–Crippen MR) is 44.9 cm³/mol. The Morgan fingerprint density at radius 3 is 2.27 bits per heavy atom. The van der Waals surface area contributed by atoms with E-state index in [-0.39, 0.29) is 6.29 Å². The van der Waals surface area contributed by atoms with E-state index >= 15 is 0 Å². The molecule has 1 heterocycles. The van der Waals surface area contributed by atoms with Crippen LogP contribution in [-0.4, -0.2) is 17.7 Å². The van der Waals surface area contributed by atoms with Crippen LogP contribution in [0.25, 0.3) is 0 Å². The summed E-state index contributed by atoms with van der Waals surface area (Å²) in [6.07, 6.45) is -0.266. The maximum absolute atomic E-state index is 5.56. The highest BCUT2D eigenvalue weighted by Crippen LogP contribution is 2.08. The zero-order valence-corrected chi connectivity index (χ0v) is 6.72. The second-order valence-electron chi connectivity index (χ2n) is 2.40. The Bertz CT molecular complexity index is 169. The molecule has 0 radical (unpaired) electrons. The van der Waals surface area contributed by atoms with Crippen LogP contribution in [0.3, 0.4) is 0 Å². The predicted octanol–water partition coefficient (Wildman–Crippen LogP) is -0.314. The maximum Gasteiger partial charge on any atom is 0.152 e. The Morgan fingerprint density at radius 1 is 1.45 bits per heavy atom. The summed E-state index contributed by atoms with van der Waals surface area (Å²) in [6, 6.07) is 0. The second-order valence-corrected chi connectivity index (χ2v) is 2.40. The lowest BCUT2D eigenvalue weighted by atomic mass is 10.4. The molecule has 1 aliphatic heterocycles. The molecular formula is C7H14N4. The van der Waals surface area contributed by atoms with Gasteiger partial charge in [0.15, 0.2) is 6.29 Å². The topological polar surface area (TPSA) is 53.3 Å². The third-order valence-corrected chi connectivity index (χ3v) is 1.61. The van der Waals surface area contributed by atoms with Gasteiger partial charge in [-0.1, -0.05) is 13.2 Å². The van der Waals surface area contributed by atoms with Crippen LogP contribution in [0.2, 0.25) is 0 Å². The Labute approximate surface area is 66.7 Å². The van der Waals surface area contributed by atoms with E-state index in [0.717, 1.165) is 18.2 Å². The van der Waals surface area contributed by atoms with E-state index in [2.05, 4.69) is 23.8 Å². The lowest BCUT2D eigenvalue weighted by Gasteiger charge is -2.37. The van der Waals surface area contributed by atoms with Gasteiger partial charge in [0, 0.05) is 6.54 Å². The first-order valence-electron chi connectivity index (χ1n) is 3.59. The largest absolute Gasteiger partial charge is 0.340 e. The molecular weight excluding hydrogens is 140 g/mol. The fraction of sp³-hybridized carbons (Fsp3) is 0.429. The van der Waals surface area contributed by atoms with Gasteiger partial charge in [-0.2, -0.15) is 0 Å². The minimum atomic E-state index is -0.266. The average molecular weight is 154 g/mol. The van der Waals surface area contributed by atoms with Crippen molar-refractivity contribution in [2.75, 3.05) is 6.54 Å². The number of hydrogen-bond donors (Lipinski definition) is 3. The fourth-order valence-corrected chi connectivity index (χ4v) is 1.10. The molecule has 1 fully saturated rings. The lowest BCUT2D eigenvalue weighted by Crippen LogP contribution is -2.57. The Hall–Kier alpha value is -1.16. The lowest BCUT2D eigenvalue weighted by molar-refractivity contribution is 0.289. The highest BCUT2D eigenvalue weighted by Gasteiger charge is 2.18. The molecule has 1 aliphatic rings. The third kappa shape index (κ3) is 1.46. The molecule has 0 aromatic carbocycles. The van der Waals surface area contributed by atoms with Crippen molar-refractivity contribution in [1.82, 2.24) is 15.5 Å². The van der Waals surface area contributed by atoms with Gasteiger partial charge in [0.2, 0.25) is 0 Å². The van der Waals surface area contributed by atoms with Gasteiger partial charge in [0.05, 0.1) is 0 Å². The van der Waals surface area contributed by atoms with Crippen molar-refractivity contribution >= 4 is 0 Å². The first-order valence-corrected chi connectivity index (χ1v) is 3.59. The van der Waals surface area contributed by atoms with Crippen LogP contribution in [0, 0.1) is 0 Å².